The second-order valence-corrected chi connectivity index (χ2v) is 20.5. The van der Waals surface area contributed by atoms with Gasteiger partial charge in [-0.2, -0.15) is 0 Å². The van der Waals surface area contributed by atoms with Crippen molar-refractivity contribution >= 4 is 46.4 Å². The molecule has 1 aliphatic rings. The third-order valence-electron chi connectivity index (χ3n) is 9.89. The van der Waals surface area contributed by atoms with Crippen molar-refractivity contribution < 1.29 is 0 Å². The molecule has 0 radical (unpaired) electrons. The molecule has 208 valence electrons. The first-order valence-electron chi connectivity index (χ1n) is 15.1. The number of hydrogen-bond donors (Lipinski definition) is 0. The van der Waals surface area contributed by atoms with E-state index in [0.717, 1.165) is 0 Å². The zero-order valence-corrected chi connectivity index (χ0v) is 26.1. The van der Waals surface area contributed by atoms with E-state index in [1.54, 1.807) is 0 Å². The molecule has 0 aliphatic heterocycles. The van der Waals surface area contributed by atoms with E-state index in [-0.39, 0.29) is 4.90 Å². The predicted octanol–water partition coefficient (Wildman–Crippen LogP) is 7.18. The standard InChI is InChI=1S/C40H38P2/c1-33-32-40(33,41(34-20-8-2-9-21-34,35-22-10-3-11-23-35)36-24-12-4-13-25-36)42(37-26-14-5-15-27-37,38-28-16-6-17-29-38)39-30-18-7-19-31-39/h2-31,33,41-42H,32H2,1H3. The van der Waals surface area contributed by atoms with Crippen molar-refractivity contribution in [1.29, 1.82) is 0 Å². The fourth-order valence-corrected chi connectivity index (χ4v) is 25.2. The topological polar surface area (TPSA) is 0 Å². The summed E-state index contributed by atoms with van der Waals surface area (Å²) in [6.07, 6.45) is 1.20. The molecule has 6 aromatic rings. The van der Waals surface area contributed by atoms with Crippen molar-refractivity contribution in [3.05, 3.63) is 182 Å². The van der Waals surface area contributed by atoms with Gasteiger partial charge in [-0.05, 0) is 0 Å². The fourth-order valence-electron chi connectivity index (χ4n) is 8.42. The van der Waals surface area contributed by atoms with Gasteiger partial charge in [-0.1, -0.05) is 0 Å². The minimum absolute atomic E-state index is 0.0358. The summed E-state index contributed by atoms with van der Waals surface area (Å²) in [5, 5.41) is 9.04. The molecule has 0 nitrogen and oxygen atoms in total. The van der Waals surface area contributed by atoms with Crippen LogP contribution in [0.2, 0.25) is 0 Å². The van der Waals surface area contributed by atoms with Gasteiger partial charge in [-0.25, -0.2) is 0 Å². The molecule has 1 fully saturated rings. The first kappa shape index (κ1) is 27.0. The zero-order chi connectivity index (χ0) is 28.5. The van der Waals surface area contributed by atoms with E-state index in [0.29, 0.717) is 5.92 Å². The van der Waals surface area contributed by atoms with Crippen LogP contribution in [0.1, 0.15) is 13.3 Å². The van der Waals surface area contributed by atoms with Gasteiger partial charge in [0, 0.05) is 0 Å². The van der Waals surface area contributed by atoms with E-state index in [4.69, 9.17) is 0 Å². The summed E-state index contributed by atoms with van der Waals surface area (Å²) < 4.78 is 0. The number of benzene rings is 6. The molecule has 42 heavy (non-hydrogen) atoms. The van der Waals surface area contributed by atoms with Crippen LogP contribution in [0.3, 0.4) is 0 Å². The van der Waals surface area contributed by atoms with Gasteiger partial charge in [0.05, 0.1) is 0 Å². The van der Waals surface area contributed by atoms with Crippen LogP contribution in [0.5, 0.6) is 0 Å². The Hall–Kier alpha value is -3.82. The van der Waals surface area contributed by atoms with Gasteiger partial charge in [0.25, 0.3) is 0 Å². The zero-order valence-electron chi connectivity index (χ0n) is 24.1. The molecule has 0 amide bonds. The Morgan fingerprint density at radius 2 is 0.524 bits per heavy atom. The van der Waals surface area contributed by atoms with Crippen molar-refractivity contribution in [3.63, 3.8) is 0 Å². The summed E-state index contributed by atoms with van der Waals surface area (Å²) in [7, 11) is -5.45. The van der Waals surface area contributed by atoms with Crippen LogP contribution in [-0.4, -0.2) is 4.90 Å². The summed E-state index contributed by atoms with van der Waals surface area (Å²) in [6, 6.07) is 69.6. The Kier molecular flexibility index (Phi) is 7.15. The van der Waals surface area contributed by atoms with Crippen molar-refractivity contribution in [2.45, 2.75) is 18.2 Å². The minimum atomic E-state index is -2.73. The molecule has 1 saturated carbocycles. The first-order chi connectivity index (χ1) is 20.8. The monoisotopic (exact) mass is 580 g/mol. The van der Waals surface area contributed by atoms with E-state index in [2.05, 4.69) is 189 Å². The third-order valence-corrected chi connectivity index (χ3v) is 23.4. The molecule has 0 N–H and O–H groups in total. The van der Waals surface area contributed by atoms with Crippen LogP contribution in [-0.2, 0) is 0 Å². The van der Waals surface area contributed by atoms with Crippen LogP contribution in [0.15, 0.2) is 182 Å². The molecular formula is C40H38P2. The Morgan fingerprint density at radius 1 is 0.357 bits per heavy atom. The predicted molar refractivity (Wildman–Crippen MR) is 190 cm³/mol. The molecule has 7 rings (SSSR count). The molecule has 0 saturated heterocycles. The van der Waals surface area contributed by atoms with Crippen molar-refractivity contribution in [1.82, 2.24) is 0 Å². The van der Waals surface area contributed by atoms with Crippen LogP contribution < -0.4 is 31.8 Å². The van der Waals surface area contributed by atoms with E-state index >= 15 is 0 Å². The van der Waals surface area contributed by atoms with Crippen LogP contribution in [0.4, 0.5) is 0 Å². The molecule has 2 heteroatoms. The second kappa shape index (κ2) is 11.1. The molecule has 1 aliphatic carbocycles. The summed E-state index contributed by atoms with van der Waals surface area (Å²) in [5.74, 6) is 0.539. The molecule has 6 aromatic carbocycles. The third kappa shape index (κ3) is 3.90. The van der Waals surface area contributed by atoms with Crippen LogP contribution >= 0.6 is 14.5 Å². The fraction of sp³-hybridized carbons (Fsp3) is 0.100. The summed E-state index contributed by atoms with van der Waals surface area (Å²) in [6.45, 7) is 2.55. The SMILES string of the molecule is CC1CC1([PH](c1ccccc1)(c1ccccc1)c1ccccc1)[PH](c1ccccc1)(c1ccccc1)c1ccccc1. The quantitative estimate of drug-likeness (QED) is 0.168. The van der Waals surface area contributed by atoms with E-state index < -0.39 is 14.5 Å². The molecule has 0 bridgehead atoms. The van der Waals surface area contributed by atoms with E-state index in [1.165, 1.54) is 38.2 Å². The van der Waals surface area contributed by atoms with Gasteiger partial charge in [0.1, 0.15) is 0 Å². The second-order valence-electron chi connectivity index (χ2n) is 11.8. The van der Waals surface area contributed by atoms with Crippen LogP contribution in [0.25, 0.3) is 0 Å². The average Bonchev–Trinajstić information content (AvgIpc) is 3.76. The average molecular weight is 581 g/mol. The van der Waals surface area contributed by atoms with Gasteiger partial charge in [-0.3, -0.25) is 0 Å². The molecule has 0 aromatic heterocycles. The summed E-state index contributed by atoms with van der Waals surface area (Å²) in [5.41, 5.74) is 0. The first-order valence-corrected chi connectivity index (χ1v) is 19.1. The summed E-state index contributed by atoms with van der Waals surface area (Å²) >= 11 is 0. The van der Waals surface area contributed by atoms with Crippen molar-refractivity contribution in [2.75, 3.05) is 0 Å². The van der Waals surface area contributed by atoms with Gasteiger partial charge in [0.15, 0.2) is 0 Å². The maximum absolute atomic E-state index is 2.73. The molecule has 0 heterocycles. The molecule has 1 unspecified atom stereocenters. The Bertz CT molecular complexity index is 1420. The van der Waals surface area contributed by atoms with Crippen molar-refractivity contribution in [3.8, 4) is 0 Å². The summed E-state index contributed by atoms with van der Waals surface area (Å²) in [4.78, 5) is 0.0358. The normalized spacial score (nSPS) is 19.1. The van der Waals surface area contributed by atoms with Gasteiger partial charge in [-0.15, -0.1) is 0 Å². The maximum atomic E-state index is 2.55. The Morgan fingerprint density at radius 3 is 0.667 bits per heavy atom. The van der Waals surface area contributed by atoms with Gasteiger partial charge >= 0.3 is 253 Å². The molecule has 1 atom stereocenters. The number of hydrogen-bond acceptors (Lipinski definition) is 0. The van der Waals surface area contributed by atoms with E-state index in [1.807, 2.05) is 0 Å². The Labute approximate surface area is 251 Å². The van der Waals surface area contributed by atoms with E-state index in [9.17, 15) is 0 Å². The van der Waals surface area contributed by atoms with Crippen molar-refractivity contribution in [2.24, 2.45) is 5.92 Å². The van der Waals surface area contributed by atoms with Crippen LogP contribution in [0, 0.1) is 5.92 Å². The molecular weight excluding hydrogens is 542 g/mol. The number of rotatable bonds is 8. The Balaban J connectivity index is 1.73. The van der Waals surface area contributed by atoms with Gasteiger partial charge < -0.3 is 0 Å². The molecule has 0 spiro atoms. The van der Waals surface area contributed by atoms with Gasteiger partial charge in [0.2, 0.25) is 0 Å².